The number of ether oxygens (including phenoxy) is 2. The molecule has 7 nitrogen and oxygen atoms in total. The third-order valence-electron chi connectivity index (χ3n) is 5.36. The fourth-order valence-corrected chi connectivity index (χ4v) is 5.24. The molecule has 2 heterocycles. The summed E-state index contributed by atoms with van der Waals surface area (Å²) < 4.78 is 20.6. The van der Waals surface area contributed by atoms with Crippen LogP contribution in [-0.2, 0) is 9.47 Å². The van der Waals surface area contributed by atoms with Gasteiger partial charge in [0.15, 0.2) is 0 Å². The van der Waals surface area contributed by atoms with Crippen LogP contribution in [0.5, 0.6) is 0 Å². The van der Waals surface area contributed by atoms with E-state index in [2.05, 4.69) is 39.9 Å². The molecule has 2 aliphatic heterocycles. The average molecular weight is 361 g/mol. The van der Waals surface area contributed by atoms with Gasteiger partial charge in [-0.15, -0.1) is 0 Å². The Hall–Kier alpha value is -0.0100. The van der Waals surface area contributed by atoms with E-state index in [0.29, 0.717) is 0 Å². The molecule has 0 aliphatic carbocycles. The minimum atomic E-state index is -1.59. The maximum absolute atomic E-state index is 5.43. The van der Waals surface area contributed by atoms with Crippen LogP contribution in [0.2, 0.25) is 0 Å². The molecule has 0 spiro atoms. The molecule has 0 aromatic heterocycles. The first kappa shape index (κ1) is 20.3. The molecule has 24 heavy (non-hydrogen) atoms. The van der Waals surface area contributed by atoms with Crippen molar-refractivity contribution >= 4 is 7.36 Å². The third kappa shape index (κ3) is 5.77. The predicted molar refractivity (Wildman–Crippen MR) is 101 cm³/mol. The molecular formula is C16H36N5O2P. The molecule has 0 aromatic rings. The van der Waals surface area contributed by atoms with E-state index < -0.39 is 7.36 Å². The quantitative estimate of drug-likeness (QED) is 0.596. The zero-order valence-electron chi connectivity index (χ0n) is 16.0. The zero-order chi connectivity index (χ0) is 17.4. The Bertz CT molecular complexity index is 379. The summed E-state index contributed by atoms with van der Waals surface area (Å²) in [5.41, 5.74) is 0. The van der Waals surface area contributed by atoms with Crippen molar-refractivity contribution < 1.29 is 9.47 Å². The van der Waals surface area contributed by atoms with Crippen LogP contribution in [0.1, 0.15) is 0 Å². The van der Waals surface area contributed by atoms with Crippen LogP contribution >= 0.6 is 7.36 Å². The topological polar surface area (TPSA) is 43.8 Å². The number of nitrogens with zero attached hydrogens (tertiary/aromatic N) is 5. The van der Waals surface area contributed by atoms with Crippen LogP contribution < -0.4 is 0 Å². The third-order valence-corrected chi connectivity index (χ3v) is 9.10. The van der Waals surface area contributed by atoms with E-state index in [9.17, 15) is 0 Å². The van der Waals surface area contributed by atoms with Crippen LogP contribution in [0.25, 0.3) is 0 Å². The summed E-state index contributed by atoms with van der Waals surface area (Å²) in [4.78, 5) is 4.99. The van der Waals surface area contributed by atoms with Gasteiger partial charge in [-0.25, -0.2) is 0 Å². The van der Waals surface area contributed by atoms with E-state index in [-0.39, 0.29) is 0 Å². The van der Waals surface area contributed by atoms with Gasteiger partial charge in [0.1, 0.15) is 0 Å². The van der Waals surface area contributed by atoms with E-state index in [0.717, 1.165) is 78.8 Å². The molecule has 2 saturated heterocycles. The van der Waals surface area contributed by atoms with Crippen molar-refractivity contribution in [2.75, 3.05) is 107 Å². The van der Waals surface area contributed by atoms with Crippen molar-refractivity contribution in [3.63, 3.8) is 0 Å². The molecule has 0 saturated carbocycles. The lowest BCUT2D eigenvalue weighted by atomic mass is 10.4. The van der Waals surface area contributed by atoms with Crippen LogP contribution in [0.3, 0.4) is 0 Å². The van der Waals surface area contributed by atoms with Crippen molar-refractivity contribution in [3.05, 3.63) is 0 Å². The Morgan fingerprint density at radius 2 is 1.21 bits per heavy atom. The molecule has 0 radical (unpaired) electrons. The molecule has 8 heteroatoms. The average Bonchev–Trinajstić information content (AvgIpc) is 2.65. The van der Waals surface area contributed by atoms with Gasteiger partial charge < -0.3 is 9.47 Å². The van der Waals surface area contributed by atoms with E-state index in [1.807, 2.05) is 7.05 Å². The summed E-state index contributed by atoms with van der Waals surface area (Å²) in [6.07, 6.45) is 0. The first-order valence-electron chi connectivity index (χ1n) is 9.07. The number of hydrogen-bond acceptors (Lipinski definition) is 5. The minimum absolute atomic E-state index is 0.869. The predicted octanol–water partition coefficient (Wildman–Crippen LogP) is 0.805. The molecule has 0 unspecified atom stereocenters. The number of rotatable bonds is 8. The van der Waals surface area contributed by atoms with Crippen LogP contribution in [0, 0.1) is 0 Å². The highest BCUT2D eigenvalue weighted by Gasteiger charge is 2.25. The second-order valence-corrected chi connectivity index (χ2v) is 10.2. The number of likely N-dealkylation sites (N-methyl/N-ethyl adjacent to an activating group) is 2. The minimum Gasteiger partial charge on any atom is -0.379 e. The van der Waals surface area contributed by atoms with Gasteiger partial charge in [0.2, 0.25) is 0 Å². The van der Waals surface area contributed by atoms with Crippen LogP contribution in [0.15, 0.2) is 4.74 Å². The largest absolute Gasteiger partial charge is 0.379 e. The summed E-state index contributed by atoms with van der Waals surface area (Å²) in [7, 11) is 4.84. The van der Waals surface area contributed by atoms with Gasteiger partial charge in [-0.1, -0.05) is 0 Å². The Balaban J connectivity index is 1.80. The van der Waals surface area contributed by atoms with E-state index in [1.165, 1.54) is 0 Å². The van der Waals surface area contributed by atoms with Gasteiger partial charge in [0.25, 0.3) is 0 Å². The Morgan fingerprint density at radius 1 is 0.833 bits per heavy atom. The van der Waals surface area contributed by atoms with Gasteiger partial charge in [-0.3, -0.25) is 23.9 Å². The summed E-state index contributed by atoms with van der Waals surface area (Å²) in [5, 5.41) is 0. The molecule has 2 rings (SSSR count). The molecule has 0 amide bonds. The Kier molecular flexibility index (Phi) is 8.64. The van der Waals surface area contributed by atoms with Gasteiger partial charge in [0, 0.05) is 59.4 Å². The second-order valence-electron chi connectivity index (χ2n) is 6.74. The molecular weight excluding hydrogens is 325 g/mol. The standard InChI is InChI=1S/C16H36N5O2P/c1-17-24(4,18(2)5-7-20-9-13-22-14-10-20)19(3)6-8-21-11-15-23-16-12-21/h5-16H2,1-4H3. The Morgan fingerprint density at radius 3 is 1.54 bits per heavy atom. The zero-order valence-corrected chi connectivity index (χ0v) is 16.9. The van der Waals surface area contributed by atoms with Crippen molar-refractivity contribution in [2.45, 2.75) is 0 Å². The number of morpholine rings is 2. The van der Waals surface area contributed by atoms with Crippen molar-refractivity contribution in [1.29, 1.82) is 0 Å². The fraction of sp³-hybridized carbons (Fsp3) is 1.00. The maximum Gasteiger partial charge on any atom is 0.0930 e. The summed E-state index contributed by atoms with van der Waals surface area (Å²) >= 11 is 0. The van der Waals surface area contributed by atoms with Gasteiger partial charge >= 0.3 is 0 Å². The molecule has 142 valence electrons. The van der Waals surface area contributed by atoms with E-state index in [4.69, 9.17) is 14.2 Å². The Labute approximate surface area is 148 Å². The smallest absolute Gasteiger partial charge is 0.0930 e. The lowest BCUT2D eigenvalue weighted by Crippen LogP contribution is -2.42. The SMILES string of the molecule is CN=P(C)(N(C)CCN1CCOCC1)N(C)CCN1CCOCC1. The lowest BCUT2D eigenvalue weighted by Gasteiger charge is -2.40. The van der Waals surface area contributed by atoms with Crippen molar-refractivity contribution in [3.8, 4) is 0 Å². The fourth-order valence-electron chi connectivity index (χ4n) is 3.17. The highest BCUT2D eigenvalue weighted by atomic mass is 31.2. The second kappa shape index (κ2) is 10.2. The van der Waals surface area contributed by atoms with Crippen molar-refractivity contribution in [1.82, 2.24) is 19.1 Å². The maximum atomic E-state index is 5.43. The highest BCUT2D eigenvalue weighted by Crippen LogP contribution is 2.50. The first-order chi connectivity index (χ1) is 11.6. The summed E-state index contributed by atoms with van der Waals surface area (Å²) in [5.74, 6) is 0. The van der Waals surface area contributed by atoms with Crippen LogP contribution in [0.4, 0.5) is 0 Å². The molecule has 2 aliphatic rings. The van der Waals surface area contributed by atoms with Crippen LogP contribution in [-0.4, -0.2) is 126 Å². The number of hydrogen-bond donors (Lipinski definition) is 0. The molecule has 0 N–H and O–H groups in total. The molecule has 0 atom stereocenters. The lowest BCUT2D eigenvalue weighted by molar-refractivity contribution is 0.0359. The van der Waals surface area contributed by atoms with E-state index >= 15 is 0 Å². The van der Waals surface area contributed by atoms with Gasteiger partial charge in [-0.2, -0.15) is 0 Å². The highest BCUT2D eigenvalue weighted by molar-refractivity contribution is 7.60. The van der Waals surface area contributed by atoms with Gasteiger partial charge in [0.05, 0.1) is 33.8 Å². The molecule has 0 bridgehead atoms. The monoisotopic (exact) mass is 361 g/mol. The summed E-state index contributed by atoms with van der Waals surface area (Å²) in [6.45, 7) is 14.3. The van der Waals surface area contributed by atoms with Crippen molar-refractivity contribution in [2.24, 2.45) is 4.74 Å². The van der Waals surface area contributed by atoms with E-state index in [1.54, 1.807) is 0 Å². The summed E-state index contributed by atoms with van der Waals surface area (Å²) in [6, 6.07) is 0. The first-order valence-corrected chi connectivity index (χ1v) is 11.2. The normalized spacial score (nSPS) is 21.6. The molecule has 2 fully saturated rings. The van der Waals surface area contributed by atoms with Gasteiger partial charge in [-0.05, 0) is 20.8 Å². The molecule has 0 aromatic carbocycles.